The lowest BCUT2D eigenvalue weighted by molar-refractivity contribution is -0.135. The molecule has 0 unspecified atom stereocenters. The molecule has 24 heavy (non-hydrogen) atoms. The third kappa shape index (κ3) is 4.67. The third-order valence-electron chi connectivity index (χ3n) is 3.32. The van der Waals surface area contributed by atoms with Crippen molar-refractivity contribution in [2.24, 2.45) is 10.9 Å². The molecule has 2 rings (SSSR count). The van der Waals surface area contributed by atoms with Gasteiger partial charge < -0.3 is 4.74 Å². The molecular weight excluding hydrogens is 331 g/mol. The summed E-state index contributed by atoms with van der Waals surface area (Å²) in [6, 6.07) is 5.70. The van der Waals surface area contributed by atoms with Crippen LogP contribution >= 0.6 is 11.8 Å². The molecule has 1 heterocycles. The molecule has 1 aromatic carbocycles. The van der Waals surface area contributed by atoms with Gasteiger partial charge in [-0.2, -0.15) is 0 Å². The zero-order valence-electron chi connectivity index (χ0n) is 13.8. The number of thioether (sulfide) groups is 1. The summed E-state index contributed by atoms with van der Waals surface area (Å²) >= 11 is 1.11. The van der Waals surface area contributed by atoms with E-state index in [1.165, 1.54) is 37.5 Å². The van der Waals surface area contributed by atoms with Gasteiger partial charge in [0.05, 0.1) is 17.7 Å². The van der Waals surface area contributed by atoms with Crippen LogP contribution in [-0.2, 0) is 14.3 Å². The summed E-state index contributed by atoms with van der Waals surface area (Å²) in [6.07, 6.45) is 1.97. The highest BCUT2D eigenvalue weighted by Crippen LogP contribution is 2.33. The highest BCUT2D eigenvalue weighted by atomic mass is 32.2. The summed E-state index contributed by atoms with van der Waals surface area (Å²) < 4.78 is 17.6. The van der Waals surface area contributed by atoms with E-state index in [0.717, 1.165) is 18.2 Å². The number of benzene rings is 1. The Morgan fingerprint density at radius 1 is 1.38 bits per heavy atom. The molecule has 0 N–H and O–H groups in total. The third-order valence-corrected chi connectivity index (χ3v) is 4.33. The summed E-state index contributed by atoms with van der Waals surface area (Å²) in [5.41, 5.74) is 0.542. The van der Waals surface area contributed by atoms with E-state index in [4.69, 9.17) is 0 Å². The Bertz CT molecular complexity index is 684. The van der Waals surface area contributed by atoms with Crippen molar-refractivity contribution >= 4 is 34.5 Å². The molecule has 1 aliphatic rings. The molecule has 0 spiro atoms. The molecule has 5 nitrogen and oxygen atoms in total. The van der Waals surface area contributed by atoms with Gasteiger partial charge in [-0.3, -0.25) is 9.69 Å². The number of methoxy groups -OCH3 is 1. The van der Waals surface area contributed by atoms with E-state index in [2.05, 4.69) is 23.6 Å². The lowest BCUT2D eigenvalue weighted by Gasteiger charge is -2.16. The summed E-state index contributed by atoms with van der Waals surface area (Å²) in [4.78, 5) is 30.2. The maximum atomic E-state index is 13.0. The summed E-state index contributed by atoms with van der Waals surface area (Å²) in [5, 5.41) is 0.474. The normalized spacial score (nSPS) is 18.0. The van der Waals surface area contributed by atoms with E-state index >= 15 is 0 Å². The molecule has 1 fully saturated rings. The number of amidine groups is 1. The van der Waals surface area contributed by atoms with Crippen LogP contribution in [0, 0.1) is 11.7 Å². The first-order valence-corrected chi connectivity index (χ1v) is 8.36. The van der Waals surface area contributed by atoms with E-state index in [-0.39, 0.29) is 16.6 Å². The number of carbonyl (C=O) groups excluding carboxylic acids is 2. The Morgan fingerprint density at radius 2 is 2.04 bits per heavy atom. The van der Waals surface area contributed by atoms with Crippen molar-refractivity contribution in [3.8, 4) is 0 Å². The average molecular weight is 350 g/mol. The van der Waals surface area contributed by atoms with E-state index < -0.39 is 5.97 Å². The molecule has 0 bridgehead atoms. The molecule has 0 saturated carbocycles. The molecule has 128 valence electrons. The summed E-state index contributed by atoms with van der Waals surface area (Å²) in [7, 11) is 1.26. The van der Waals surface area contributed by atoms with E-state index in [0.29, 0.717) is 23.3 Å². The van der Waals surface area contributed by atoms with Crippen LogP contribution < -0.4 is 0 Å². The van der Waals surface area contributed by atoms with Crippen molar-refractivity contribution in [2.45, 2.75) is 20.3 Å². The summed E-state index contributed by atoms with van der Waals surface area (Å²) in [5.74, 6) is -0.787. The van der Waals surface area contributed by atoms with Gasteiger partial charge in [0, 0.05) is 12.6 Å². The van der Waals surface area contributed by atoms with Crippen molar-refractivity contribution in [2.75, 3.05) is 13.7 Å². The van der Waals surface area contributed by atoms with Crippen LogP contribution in [0.4, 0.5) is 10.1 Å². The van der Waals surface area contributed by atoms with Crippen molar-refractivity contribution in [1.29, 1.82) is 0 Å². The van der Waals surface area contributed by atoms with Crippen LogP contribution in [0.5, 0.6) is 0 Å². The minimum Gasteiger partial charge on any atom is -0.466 e. The molecule has 0 aromatic heterocycles. The number of hydrogen-bond donors (Lipinski definition) is 0. The predicted octanol–water partition coefficient (Wildman–Crippen LogP) is 3.49. The van der Waals surface area contributed by atoms with Crippen LogP contribution in [-0.4, -0.2) is 35.6 Å². The van der Waals surface area contributed by atoms with Gasteiger partial charge in [-0.1, -0.05) is 13.8 Å². The van der Waals surface area contributed by atoms with Crippen LogP contribution in [0.2, 0.25) is 0 Å². The van der Waals surface area contributed by atoms with Gasteiger partial charge in [0.2, 0.25) is 0 Å². The molecule has 1 amide bonds. The predicted molar refractivity (Wildman–Crippen MR) is 92.4 cm³/mol. The molecule has 0 radical (unpaired) electrons. The molecular formula is C17H19FN2O3S. The Balaban J connectivity index is 2.31. The van der Waals surface area contributed by atoms with E-state index in [1.807, 2.05) is 0 Å². The Hall–Kier alpha value is -2.15. The second-order valence-electron chi connectivity index (χ2n) is 5.64. The van der Waals surface area contributed by atoms with E-state index in [9.17, 15) is 14.0 Å². The van der Waals surface area contributed by atoms with Gasteiger partial charge in [-0.15, -0.1) is 0 Å². The molecule has 1 aliphatic heterocycles. The van der Waals surface area contributed by atoms with Gasteiger partial charge in [-0.25, -0.2) is 14.2 Å². The van der Waals surface area contributed by atoms with Crippen LogP contribution in [0.1, 0.15) is 20.3 Å². The fourth-order valence-electron chi connectivity index (χ4n) is 1.97. The second-order valence-corrected chi connectivity index (χ2v) is 6.65. The number of halogens is 1. The van der Waals surface area contributed by atoms with Crippen molar-refractivity contribution in [3.05, 3.63) is 41.1 Å². The largest absolute Gasteiger partial charge is 0.466 e. The van der Waals surface area contributed by atoms with Crippen LogP contribution in [0.3, 0.4) is 0 Å². The van der Waals surface area contributed by atoms with Crippen LogP contribution in [0.25, 0.3) is 0 Å². The Labute approximate surface area is 144 Å². The Morgan fingerprint density at radius 3 is 2.62 bits per heavy atom. The van der Waals surface area contributed by atoms with Crippen molar-refractivity contribution < 1.29 is 18.7 Å². The standard InChI is InChI=1S/C17H19FN2O3S/c1-11(2)8-9-20-16(22)14(10-15(21)23-3)24-17(20)19-13-6-4-12(18)5-7-13/h4-7,10-11H,8-9H2,1-3H3. The number of ether oxygens (including phenoxy) is 1. The molecule has 1 saturated heterocycles. The first-order valence-electron chi connectivity index (χ1n) is 7.54. The minimum atomic E-state index is -0.585. The fraction of sp³-hybridized carbons (Fsp3) is 0.353. The SMILES string of the molecule is COC(=O)C=C1SC(=Nc2ccc(F)cc2)N(CCC(C)C)C1=O. The molecule has 7 heteroatoms. The first-order chi connectivity index (χ1) is 11.4. The highest BCUT2D eigenvalue weighted by Gasteiger charge is 2.33. The van der Waals surface area contributed by atoms with E-state index in [1.54, 1.807) is 4.90 Å². The highest BCUT2D eigenvalue weighted by molar-refractivity contribution is 8.18. The monoisotopic (exact) mass is 350 g/mol. The van der Waals surface area contributed by atoms with Gasteiger partial charge >= 0.3 is 5.97 Å². The Kier molecular flexibility index (Phi) is 6.14. The van der Waals surface area contributed by atoms with Gasteiger partial charge in [0.1, 0.15) is 5.82 Å². The fourth-order valence-corrected chi connectivity index (χ4v) is 2.95. The van der Waals surface area contributed by atoms with Gasteiger partial charge in [-0.05, 0) is 48.4 Å². The lowest BCUT2D eigenvalue weighted by atomic mass is 10.1. The quantitative estimate of drug-likeness (QED) is 0.602. The van der Waals surface area contributed by atoms with Gasteiger partial charge in [0.15, 0.2) is 5.17 Å². The molecule has 1 aromatic rings. The van der Waals surface area contributed by atoms with Crippen molar-refractivity contribution in [1.82, 2.24) is 4.90 Å². The number of aliphatic imine (C=N–C) groups is 1. The first kappa shape index (κ1) is 18.2. The number of carbonyl (C=O) groups is 2. The maximum Gasteiger partial charge on any atom is 0.331 e. The van der Waals surface area contributed by atoms with Crippen molar-refractivity contribution in [3.63, 3.8) is 0 Å². The second kappa shape index (κ2) is 8.10. The van der Waals surface area contributed by atoms with Crippen LogP contribution in [0.15, 0.2) is 40.2 Å². The smallest absolute Gasteiger partial charge is 0.331 e. The number of esters is 1. The zero-order chi connectivity index (χ0) is 17.7. The summed E-state index contributed by atoms with van der Waals surface area (Å²) in [6.45, 7) is 4.63. The number of hydrogen-bond acceptors (Lipinski definition) is 5. The number of rotatable bonds is 5. The maximum absolute atomic E-state index is 13.0. The number of amides is 1. The molecule has 0 atom stereocenters. The number of nitrogens with zero attached hydrogens (tertiary/aromatic N) is 2. The minimum absolute atomic E-state index is 0.270. The lowest BCUT2D eigenvalue weighted by Crippen LogP contribution is -2.30. The van der Waals surface area contributed by atoms with Gasteiger partial charge in [0.25, 0.3) is 5.91 Å². The zero-order valence-corrected chi connectivity index (χ0v) is 14.6. The average Bonchev–Trinajstić information content (AvgIpc) is 2.82. The topological polar surface area (TPSA) is 59.0 Å². The molecule has 0 aliphatic carbocycles.